The minimum atomic E-state index is 0.649. The molecule has 5 rings (SSSR count). The highest BCUT2D eigenvalue weighted by Crippen LogP contribution is 2.36. The van der Waals surface area contributed by atoms with E-state index >= 15 is 0 Å². The van der Waals surface area contributed by atoms with Gasteiger partial charge in [0.15, 0.2) is 0 Å². The molecule has 1 saturated heterocycles. The fraction of sp³-hybridized carbons (Fsp3) is 0.429. The predicted octanol–water partition coefficient (Wildman–Crippen LogP) is 3.82. The lowest BCUT2D eigenvalue weighted by atomic mass is 9.82. The Balaban J connectivity index is 1.27. The molecule has 0 bridgehead atoms. The average molecular weight is 361 g/mol. The minimum Gasteiger partial charge on any atom is -0.338 e. The molecule has 3 aromatic rings. The van der Waals surface area contributed by atoms with E-state index in [1.807, 2.05) is 30.3 Å². The number of hydrogen-bond donors (Lipinski definition) is 0. The van der Waals surface area contributed by atoms with Gasteiger partial charge in [-0.1, -0.05) is 42.3 Å². The van der Waals surface area contributed by atoms with Crippen molar-refractivity contribution in [2.75, 3.05) is 13.1 Å². The van der Waals surface area contributed by atoms with Crippen LogP contribution in [0.15, 0.2) is 47.4 Å². The molecule has 2 aromatic heterocycles. The second-order valence-electron chi connectivity index (χ2n) is 7.68. The monoisotopic (exact) mass is 361 g/mol. The van der Waals surface area contributed by atoms with Crippen molar-refractivity contribution >= 4 is 0 Å². The third-order valence-electron chi connectivity index (χ3n) is 5.90. The number of nitrogens with zero attached hydrogens (tertiary/aromatic N) is 5. The number of benzene rings is 1. The quantitative estimate of drug-likeness (QED) is 0.704. The summed E-state index contributed by atoms with van der Waals surface area (Å²) in [6.45, 7) is 3.12. The van der Waals surface area contributed by atoms with Crippen LogP contribution in [-0.2, 0) is 6.54 Å². The Labute approximate surface area is 158 Å². The maximum Gasteiger partial charge on any atom is 0.241 e. The molecule has 0 N–H and O–H groups in total. The number of rotatable bonds is 4. The number of fused-ring (bicyclic) bond motifs is 1. The molecule has 1 aromatic carbocycles. The molecular weight excluding hydrogens is 338 g/mol. The summed E-state index contributed by atoms with van der Waals surface area (Å²) in [7, 11) is 0. The van der Waals surface area contributed by atoms with E-state index in [0.717, 1.165) is 35.2 Å². The Hall–Kier alpha value is -2.60. The molecule has 1 saturated carbocycles. The third kappa shape index (κ3) is 3.49. The van der Waals surface area contributed by atoms with Gasteiger partial charge in [-0.25, -0.2) is 9.97 Å². The number of likely N-dealkylation sites (tertiary alicyclic amines) is 1. The van der Waals surface area contributed by atoms with Crippen LogP contribution in [0.3, 0.4) is 0 Å². The normalized spacial score (nSPS) is 22.7. The molecule has 138 valence electrons. The van der Waals surface area contributed by atoms with Crippen LogP contribution in [-0.4, -0.2) is 38.1 Å². The van der Waals surface area contributed by atoms with Crippen molar-refractivity contribution in [1.29, 1.82) is 0 Å². The summed E-state index contributed by atoms with van der Waals surface area (Å²) in [6, 6.07) is 9.97. The van der Waals surface area contributed by atoms with Gasteiger partial charge in [0.25, 0.3) is 0 Å². The van der Waals surface area contributed by atoms with Gasteiger partial charge < -0.3 is 4.52 Å². The molecule has 0 radical (unpaired) electrons. The zero-order chi connectivity index (χ0) is 18.1. The van der Waals surface area contributed by atoms with Crippen LogP contribution >= 0.6 is 0 Å². The SMILES string of the molecule is c1cc(-c2ccc(-c3noc(CN4C[C@H]5CCCC[C@H]5C4)n3)cc2)ncn1. The summed E-state index contributed by atoms with van der Waals surface area (Å²) < 4.78 is 5.53. The second kappa shape index (κ2) is 7.19. The Morgan fingerprint density at radius 1 is 0.963 bits per heavy atom. The van der Waals surface area contributed by atoms with Gasteiger partial charge in [0.05, 0.1) is 12.2 Å². The van der Waals surface area contributed by atoms with E-state index in [1.54, 1.807) is 12.5 Å². The van der Waals surface area contributed by atoms with Crippen molar-refractivity contribution in [3.05, 3.63) is 48.7 Å². The van der Waals surface area contributed by atoms with Crippen molar-refractivity contribution in [3.63, 3.8) is 0 Å². The lowest BCUT2D eigenvalue weighted by molar-refractivity contribution is 0.258. The van der Waals surface area contributed by atoms with Crippen LogP contribution < -0.4 is 0 Å². The molecule has 0 unspecified atom stereocenters. The Morgan fingerprint density at radius 3 is 2.41 bits per heavy atom. The number of aromatic nitrogens is 4. The van der Waals surface area contributed by atoms with E-state index in [-0.39, 0.29) is 0 Å². The van der Waals surface area contributed by atoms with Crippen LogP contribution in [0.2, 0.25) is 0 Å². The minimum absolute atomic E-state index is 0.649. The topological polar surface area (TPSA) is 67.9 Å². The van der Waals surface area contributed by atoms with Crippen LogP contribution in [0, 0.1) is 11.8 Å². The molecule has 6 nitrogen and oxygen atoms in total. The fourth-order valence-corrected chi connectivity index (χ4v) is 4.51. The van der Waals surface area contributed by atoms with E-state index in [9.17, 15) is 0 Å². The summed E-state index contributed by atoms with van der Waals surface area (Å²) >= 11 is 0. The molecule has 1 aliphatic heterocycles. The first kappa shape index (κ1) is 16.6. The standard InChI is InChI=1S/C21H23N5O/c1-2-4-18-12-26(11-17(18)3-1)13-20-24-21(25-27-20)16-7-5-15(6-8-16)19-9-10-22-14-23-19/h5-10,14,17-18H,1-4,11-13H2/t17-,18+. The van der Waals surface area contributed by atoms with E-state index < -0.39 is 0 Å². The Kier molecular flexibility index (Phi) is 4.41. The summed E-state index contributed by atoms with van der Waals surface area (Å²) in [6.07, 6.45) is 8.86. The first-order chi connectivity index (χ1) is 13.3. The molecule has 3 heterocycles. The van der Waals surface area contributed by atoms with Gasteiger partial charge in [0.2, 0.25) is 11.7 Å². The molecule has 2 fully saturated rings. The molecule has 27 heavy (non-hydrogen) atoms. The average Bonchev–Trinajstić information content (AvgIpc) is 3.35. The van der Waals surface area contributed by atoms with Gasteiger partial charge >= 0.3 is 0 Å². The van der Waals surface area contributed by atoms with Crippen molar-refractivity contribution in [2.45, 2.75) is 32.2 Å². The van der Waals surface area contributed by atoms with Crippen molar-refractivity contribution in [3.8, 4) is 22.6 Å². The van der Waals surface area contributed by atoms with E-state index in [2.05, 4.69) is 25.0 Å². The lowest BCUT2D eigenvalue weighted by Gasteiger charge is -2.23. The zero-order valence-electron chi connectivity index (χ0n) is 15.3. The summed E-state index contributed by atoms with van der Waals surface area (Å²) in [5.74, 6) is 3.10. The van der Waals surface area contributed by atoms with Gasteiger partial charge in [-0.3, -0.25) is 4.90 Å². The van der Waals surface area contributed by atoms with Crippen LogP contribution in [0.1, 0.15) is 31.6 Å². The van der Waals surface area contributed by atoms with Gasteiger partial charge in [-0.15, -0.1) is 0 Å². The van der Waals surface area contributed by atoms with Crippen LogP contribution in [0.5, 0.6) is 0 Å². The summed E-state index contributed by atoms with van der Waals surface area (Å²) in [4.78, 5) is 15.3. The Bertz CT molecular complexity index is 878. The van der Waals surface area contributed by atoms with Crippen molar-refractivity contribution in [2.24, 2.45) is 11.8 Å². The highest BCUT2D eigenvalue weighted by atomic mass is 16.5. The molecule has 6 heteroatoms. The molecule has 2 atom stereocenters. The zero-order valence-corrected chi connectivity index (χ0v) is 15.3. The summed E-state index contributed by atoms with van der Waals surface area (Å²) in [5, 5.41) is 4.18. The van der Waals surface area contributed by atoms with E-state index in [4.69, 9.17) is 4.52 Å². The predicted molar refractivity (Wildman–Crippen MR) is 101 cm³/mol. The first-order valence-electron chi connectivity index (χ1n) is 9.77. The van der Waals surface area contributed by atoms with Gasteiger partial charge in [-0.05, 0) is 30.7 Å². The van der Waals surface area contributed by atoms with Gasteiger partial charge in [-0.2, -0.15) is 4.98 Å². The van der Waals surface area contributed by atoms with E-state index in [0.29, 0.717) is 11.7 Å². The third-order valence-corrected chi connectivity index (χ3v) is 5.90. The molecule has 0 spiro atoms. The van der Waals surface area contributed by atoms with Gasteiger partial charge in [0.1, 0.15) is 6.33 Å². The molecule has 1 aliphatic carbocycles. The Morgan fingerprint density at radius 2 is 1.70 bits per heavy atom. The second-order valence-corrected chi connectivity index (χ2v) is 7.68. The highest BCUT2D eigenvalue weighted by molar-refractivity contribution is 5.64. The lowest BCUT2D eigenvalue weighted by Crippen LogP contribution is -2.20. The van der Waals surface area contributed by atoms with Crippen LogP contribution in [0.4, 0.5) is 0 Å². The molecule has 2 aliphatic rings. The largest absolute Gasteiger partial charge is 0.338 e. The summed E-state index contributed by atoms with van der Waals surface area (Å²) in [5.41, 5.74) is 2.91. The van der Waals surface area contributed by atoms with Gasteiger partial charge in [0, 0.05) is 30.4 Å². The number of hydrogen-bond acceptors (Lipinski definition) is 6. The van der Waals surface area contributed by atoms with E-state index in [1.165, 1.54) is 38.8 Å². The highest BCUT2D eigenvalue weighted by Gasteiger charge is 2.34. The molecular formula is C21H23N5O. The molecule has 0 amide bonds. The smallest absolute Gasteiger partial charge is 0.241 e. The fourth-order valence-electron chi connectivity index (χ4n) is 4.51. The maximum atomic E-state index is 5.53. The first-order valence-corrected chi connectivity index (χ1v) is 9.77. The van der Waals surface area contributed by atoms with Crippen molar-refractivity contribution in [1.82, 2.24) is 25.0 Å². The van der Waals surface area contributed by atoms with Crippen LogP contribution in [0.25, 0.3) is 22.6 Å². The van der Waals surface area contributed by atoms with Crippen molar-refractivity contribution < 1.29 is 4.52 Å². The maximum absolute atomic E-state index is 5.53.